The molecule has 2 aliphatic heterocycles. The van der Waals surface area contributed by atoms with Gasteiger partial charge in [-0.2, -0.15) is 0 Å². The molecule has 2 bridgehead atoms. The van der Waals surface area contributed by atoms with E-state index in [1.54, 1.807) is 20.1 Å². The lowest BCUT2D eigenvalue weighted by atomic mass is 9.68. The molecule has 1 saturated carbocycles. The predicted molar refractivity (Wildman–Crippen MR) is 166 cm³/mol. The molecule has 0 saturated heterocycles. The normalized spacial score (nSPS) is 33.3. The highest BCUT2D eigenvalue weighted by Gasteiger charge is 2.44. The van der Waals surface area contributed by atoms with E-state index in [9.17, 15) is 13.2 Å². The summed E-state index contributed by atoms with van der Waals surface area (Å²) in [6, 6.07) is 11.5. The average molecular weight is 613 g/mol. The van der Waals surface area contributed by atoms with Crippen molar-refractivity contribution in [1.29, 1.82) is 0 Å². The van der Waals surface area contributed by atoms with E-state index in [0.717, 1.165) is 61.7 Å². The lowest BCUT2D eigenvalue weighted by Crippen LogP contribution is -2.49. The minimum atomic E-state index is -3.88. The minimum absolute atomic E-state index is 0.0315. The Morgan fingerprint density at radius 2 is 1.98 bits per heavy atom. The fourth-order valence-corrected chi connectivity index (χ4v) is 8.87. The SMILES string of the molecule is CO[C@H]1/C=C\C[C@H](C)[C@@H](C)S(=O)(=O)NC(=O)c2ccc3c(c2)N(C[C@@H]2CCC21)C[C@@]1(CCCc2cc(Cl)ccc21)CO3. The lowest BCUT2D eigenvalue weighted by Gasteiger charge is -2.46. The summed E-state index contributed by atoms with van der Waals surface area (Å²) >= 11 is 6.40. The lowest BCUT2D eigenvalue weighted by molar-refractivity contribution is 0.0131. The number of carbonyl (C=O) groups excluding carboxylic acids is 1. The highest BCUT2D eigenvalue weighted by Crippen LogP contribution is 2.47. The first-order chi connectivity index (χ1) is 20.1. The maximum absolute atomic E-state index is 13.4. The highest BCUT2D eigenvalue weighted by atomic mass is 35.5. The third-order valence-corrected chi connectivity index (χ3v) is 12.4. The molecule has 2 aromatic carbocycles. The van der Waals surface area contributed by atoms with Crippen LogP contribution in [0, 0.1) is 17.8 Å². The Labute approximate surface area is 254 Å². The first-order valence-electron chi connectivity index (χ1n) is 15.2. The molecule has 2 heterocycles. The van der Waals surface area contributed by atoms with Crippen molar-refractivity contribution in [3.8, 4) is 5.75 Å². The molecule has 1 N–H and O–H groups in total. The molecule has 4 aliphatic rings. The quantitative estimate of drug-likeness (QED) is 0.404. The van der Waals surface area contributed by atoms with E-state index in [0.29, 0.717) is 30.4 Å². The zero-order valence-corrected chi connectivity index (χ0v) is 26.2. The number of amides is 1. The Morgan fingerprint density at radius 1 is 1.14 bits per heavy atom. The van der Waals surface area contributed by atoms with Gasteiger partial charge in [-0.1, -0.05) is 36.7 Å². The van der Waals surface area contributed by atoms with Gasteiger partial charge < -0.3 is 14.4 Å². The van der Waals surface area contributed by atoms with Crippen LogP contribution in [0.25, 0.3) is 0 Å². The molecule has 7 nitrogen and oxygen atoms in total. The second kappa shape index (κ2) is 11.5. The van der Waals surface area contributed by atoms with Crippen LogP contribution in [0.1, 0.15) is 67.4 Å². The van der Waals surface area contributed by atoms with Gasteiger partial charge in [0.25, 0.3) is 5.91 Å². The number of carbonyl (C=O) groups is 1. The largest absolute Gasteiger partial charge is 0.490 e. The topological polar surface area (TPSA) is 84.9 Å². The molecule has 9 heteroatoms. The molecule has 6 atom stereocenters. The van der Waals surface area contributed by atoms with Crippen molar-refractivity contribution in [2.45, 2.75) is 69.1 Å². The number of anilines is 1. The van der Waals surface area contributed by atoms with E-state index < -0.39 is 21.2 Å². The molecule has 226 valence electrons. The van der Waals surface area contributed by atoms with Crippen LogP contribution in [0.3, 0.4) is 0 Å². The number of nitrogens with one attached hydrogen (secondary N) is 1. The van der Waals surface area contributed by atoms with Gasteiger partial charge in [-0.05, 0) is 105 Å². The van der Waals surface area contributed by atoms with Crippen molar-refractivity contribution in [1.82, 2.24) is 4.72 Å². The summed E-state index contributed by atoms with van der Waals surface area (Å²) in [4.78, 5) is 15.7. The Morgan fingerprint density at radius 3 is 2.74 bits per heavy atom. The number of hydrogen-bond acceptors (Lipinski definition) is 6. The van der Waals surface area contributed by atoms with Crippen LogP contribution in [0.4, 0.5) is 5.69 Å². The van der Waals surface area contributed by atoms with Crippen molar-refractivity contribution >= 4 is 33.2 Å². The molecule has 2 aliphatic carbocycles. The van der Waals surface area contributed by atoms with Gasteiger partial charge in [-0.3, -0.25) is 4.79 Å². The maximum atomic E-state index is 13.4. The first-order valence-corrected chi connectivity index (χ1v) is 17.1. The molecule has 1 amide bonds. The van der Waals surface area contributed by atoms with E-state index in [1.165, 1.54) is 11.1 Å². The second-order valence-corrected chi connectivity index (χ2v) is 15.3. The molecule has 0 radical (unpaired) electrons. The van der Waals surface area contributed by atoms with E-state index in [1.807, 2.05) is 31.2 Å². The minimum Gasteiger partial charge on any atom is -0.490 e. The molecule has 1 fully saturated rings. The Kier molecular flexibility index (Phi) is 8.09. The van der Waals surface area contributed by atoms with Crippen LogP contribution in [-0.4, -0.2) is 52.5 Å². The number of ether oxygens (including phenoxy) is 2. The monoisotopic (exact) mass is 612 g/mol. The first kappa shape index (κ1) is 29.5. The van der Waals surface area contributed by atoms with E-state index >= 15 is 0 Å². The smallest absolute Gasteiger partial charge is 0.264 e. The standard InChI is InChI=1S/C33H41ClN2O5S/c1-21-6-4-8-30(40-3)27-12-9-25(27)18-36-19-33(15-5-7-23-16-26(34)11-13-28(23)33)20-41-31-14-10-24(17-29(31)36)32(37)35-42(38,39)22(21)2/h4,8,10-11,13-14,16-17,21-22,25,27,30H,5-7,9,12,15,18-20H2,1-3H3,(H,35,37)/b8-4-/t21-,22+,25-,27?,30-,33-/m0/s1. The van der Waals surface area contributed by atoms with Crippen molar-refractivity contribution in [2.75, 3.05) is 31.7 Å². The molecular formula is C33H41ClN2O5S. The number of nitrogens with zero attached hydrogens (tertiary/aromatic N) is 1. The third-order valence-electron chi connectivity index (χ3n) is 10.3. The Balaban J connectivity index is 1.43. The number of aryl methyl sites for hydroxylation is 1. The fraction of sp³-hybridized carbons (Fsp3) is 0.545. The summed E-state index contributed by atoms with van der Waals surface area (Å²) in [6.45, 7) is 5.63. The molecule has 0 aromatic heterocycles. The van der Waals surface area contributed by atoms with E-state index in [2.05, 4.69) is 27.8 Å². The number of allylic oxidation sites excluding steroid dienone is 1. The average Bonchev–Trinajstić information content (AvgIpc) is 3.10. The van der Waals surface area contributed by atoms with Gasteiger partial charge in [0.15, 0.2) is 0 Å². The van der Waals surface area contributed by atoms with Crippen LogP contribution in [-0.2, 0) is 26.6 Å². The van der Waals surface area contributed by atoms with Crippen molar-refractivity contribution in [2.24, 2.45) is 17.8 Å². The van der Waals surface area contributed by atoms with Gasteiger partial charge in [0.05, 0.1) is 23.6 Å². The van der Waals surface area contributed by atoms with E-state index in [4.69, 9.17) is 21.1 Å². The number of benzene rings is 2. The van der Waals surface area contributed by atoms with Crippen LogP contribution in [0.5, 0.6) is 5.75 Å². The molecule has 6 rings (SSSR count). The second-order valence-electron chi connectivity index (χ2n) is 12.8. The molecule has 42 heavy (non-hydrogen) atoms. The Hall–Kier alpha value is -2.55. The van der Waals surface area contributed by atoms with Crippen LogP contribution in [0.2, 0.25) is 5.02 Å². The van der Waals surface area contributed by atoms with E-state index in [-0.39, 0.29) is 17.4 Å². The van der Waals surface area contributed by atoms with Crippen LogP contribution >= 0.6 is 11.6 Å². The summed E-state index contributed by atoms with van der Waals surface area (Å²) in [6.07, 6.45) is 9.93. The number of halogens is 1. The number of sulfonamides is 1. The van der Waals surface area contributed by atoms with Gasteiger partial charge in [-0.15, -0.1) is 0 Å². The fourth-order valence-electron chi connectivity index (χ4n) is 7.39. The zero-order valence-electron chi connectivity index (χ0n) is 24.6. The highest BCUT2D eigenvalue weighted by molar-refractivity contribution is 7.90. The summed E-state index contributed by atoms with van der Waals surface area (Å²) in [5, 5.41) is 0.00998. The summed E-state index contributed by atoms with van der Waals surface area (Å²) in [5.74, 6) is 0.710. The summed E-state index contributed by atoms with van der Waals surface area (Å²) < 4.78 is 41.3. The molecule has 1 spiro atoms. The number of methoxy groups -OCH3 is 1. The summed E-state index contributed by atoms with van der Waals surface area (Å²) in [5.41, 5.74) is 3.48. The third kappa shape index (κ3) is 5.46. The van der Waals surface area contributed by atoms with Crippen LogP contribution < -0.4 is 14.4 Å². The van der Waals surface area contributed by atoms with Crippen LogP contribution in [0.15, 0.2) is 48.6 Å². The molecule has 1 unspecified atom stereocenters. The number of rotatable bonds is 1. The van der Waals surface area contributed by atoms with Crippen molar-refractivity contribution < 1.29 is 22.7 Å². The summed E-state index contributed by atoms with van der Waals surface area (Å²) in [7, 11) is -2.13. The van der Waals surface area contributed by atoms with Gasteiger partial charge in [0.1, 0.15) is 5.75 Å². The Bertz CT molecular complexity index is 1490. The van der Waals surface area contributed by atoms with Gasteiger partial charge in [0.2, 0.25) is 10.0 Å². The predicted octanol–water partition coefficient (Wildman–Crippen LogP) is 5.90. The van der Waals surface area contributed by atoms with Gasteiger partial charge in [-0.25, -0.2) is 13.1 Å². The molecule has 2 aromatic rings. The maximum Gasteiger partial charge on any atom is 0.264 e. The van der Waals surface area contributed by atoms with Gasteiger partial charge in [0, 0.05) is 36.2 Å². The number of fused-ring (bicyclic) bond motifs is 4. The van der Waals surface area contributed by atoms with Crippen molar-refractivity contribution in [3.63, 3.8) is 0 Å². The zero-order chi connectivity index (χ0) is 29.6. The van der Waals surface area contributed by atoms with Crippen molar-refractivity contribution in [3.05, 3.63) is 70.3 Å². The molecular weight excluding hydrogens is 572 g/mol. The number of hydrogen-bond donors (Lipinski definition) is 1. The van der Waals surface area contributed by atoms with Gasteiger partial charge >= 0.3 is 0 Å².